The molecule has 1 atom stereocenters. The zero-order valence-electron chi connectivity index (χ0n) is 12.4. The van der Waals surface area contributed by atoms with Crippen LogP contribution in [-0.2, 0) is 16.6 Å². The van der Waals surface area contributed by atoms with E-state index in [0.717, 1.165) is 19.4 Å². The van der Waals surface area contributed by atoms with Gasteiger partial charge >= 0.3 is 0 Å². The number of hydrogen-bond acceptors (Lipinski definition) is 4. The lowest BCUT2D eigenvalue weighted by atomic mass is 10.1. The summed E-state index contributed by atoms with van der Waals surface area (Å²) < 4.78 is 41.3. The van der Waals surface area contributed by atoms with Gasteiger partial charge in [-0.1, -0.05) is 6.07 Å². The second-order valence-electron chi connectivity index (χ2n) is 5.52. The van der Waals surface area contributed by atoms with Gasteiger partial charge in [0.2, 0.25) is 10.0 Å². The van der Waals surface area contributed by atoms with Gasteiger partial charge in [-0.3, -0.25) is 0 Å². The first-order chi connectivity index (χ1) is 9.92. The number of benzene rings is 1. The highest BCUT2D eigenvalue weighted by atomic mass is 32.2. The lowest BCUT2D eigenvalue weighted by Crippen LogP contribution is -2.46. The third kappa shape index (κ3) is 4.23. The largest absolute Gasteiger partial charge is 0.316 e. The minimum atomic E-state index is -3.82. The molecule has 21 heavy (non-hydrogen) atoms. The van der Waals surface area contributed by atoms with Crippen LogP contribution in [0.1, 0.15) is 18.4 Å². The van der Waals surface area contributed by atoms with E-state index in [2.05, 4.69) is 14.9 Å². The number of rotatable bonds is 5. The Hall–Kier alpha value is -1.02. The standard InChI is InChI=1S/C14H22FN3O2S/c1-16-9-11-5-6-14(13(15)8-11)21(19,20)17-12-4-3-7-18(2)10-12/h5-6,8,12,16-17H,3-4,7,9-10H2,1-2H3. The Morgan fingerprint density at radius 2 is 2.19 bits per heavy atom. The summed E-state index contributed by atoms with van der Waals surface area (Å²) in [6.07, 6.45) is 1.72. The molecule has 0 amide bonds. The molecule has 1 aromatic rings. The molecular weight excluding hydrogens is 293 g/mol. The summed E-state index contributed by atoms with van der Waals surface area (Å²) in [6.45, 7) is 2.11. The van der Waals surface area contributed by atoms with E-state index in [0.29, 0.717) is 18.7 Å². The Kier molecular flexibility index (Phi) is 5.32. The van der Waals surface area contributed by atoms with E-state index >= 15 is 0 Å². The minimum Gasteiger partial charge on any atom is -0.316 e. The van der Waals surface area contributed by atoms with Crippen molar-refractivity contribution in [3.63, 3.8) is 0 Å². The molecule has 0 radical (unpaired) electrons. The van der Waals surface area contributed by atoms with Crippen LogP contribution in [0.25, 0.3) is 0 Å². The van der Waals surface area contributed by atoms with Gasteiger partial charge in [-0.2, -0.15) is 0 Å². The summed E-state index contributed by atoms with van der Waals surface area (Å²) >= 11 is 0. The topological polar surface area (TPSA) is 61.4 Å². The molecule has 0 aromatic heterocycles. The molecule has 0 bridgehead atoms. The van der Waals surface area contributed by atoms with Gasteiger partial charge in [0, 0.05) is 19.1 Å². The highest BCUT2D eigenvalue weighted by Gasteiger charge is 2.25. The fourth-order valence-electron chi connectivity index (χ4n) is 2.62. The van der Waals surface area contributed by atoms with Gasteiger partial charge in [0.05, 0.1) is 0 Å². The van der Waals surface area contributed by atoms with Gasteiger partial charge in [0.25, 0.3) is 0 Å². The van der Waals surface area contributed by atoms with Crippen LogP contribution in [0, 0.1) is 5.82 Å². The van der Waals surface area contributed by atoms with Crippen molar-refractivity contribution in [3.8, 4) is 0 Å². The molecule has 1 heterocycles. The van der Waals surface area contributed by atoms with E-state index in [1.54, 1.807) is 13.1 Å². The molecule has 1 aliphatic rings. The van der Waals surface area contributed by atoms with Gasteiger partial charge in [-0.15, -0.1) is 0 Å². The fourth-order valence-corrected chi connectivity index (χ4v) is 3.94. The summed E-state index contributed by atoms with van der Waals surface area (Å²) in [4.78, 5) is 1.79. The van der Waals surface area contributed by atoms with Gasteiger partial charge in [0.15, 0.2) is 0 Å². The highest BCUT2D eigenvalue weighted by molar-refractivity contribution is 7.89. The molecule has 5 nitrogen and oxygen atoms in total. The molecule has 0 saturated carbocycles. The van der Waals surface area contributed by atoms with E-state index in [9.17, 15) is 12.8 Å². The van der Waals surface area contributed by atoms with Crippen LogP contribution in [-0.4, -0.2) is 46.5 Å². The van der Waals surface area contributed by atoms with Gasteiger partial charge < -0.3 is 10.2 Å². The van der Waals surface area contributed by atoms with Crippen molar-refractivity contribution in [2.45, 2.75) is 30.3 Å². The fraction of sp³-hybridized carbons (Fsp3) is 0.571. The van der Waals surface area contributed by atoms with Crippen LogP contribution in [0.4, 0.5) is 4.39 Å². The van der Waals surface area contributed by atoms with Crippen LogP contribution < -0.4 is 10.0 Å². The molecule has 1 unspecified atom stereocenters. The van der Waals surface area contributed by atoms with Gasteiger partial charge in [-0.25, -0.2) is 17.5 Å². The number of hydrogen-bond donors (Lipinski definition) is 2. The third-order valence-electron chi connectivity index (χ3n) is 3.61. The van der Waals surface area contributed by atoms with E-state index in [1.165, 1.54) is 12.1 Å². The highest BCUT2D eigenvalue weighted by Crippen LogP contribution is 2.18. The predicted molar refractivity (Wildman–Crippen MR) is 80.0 cm³/mol. The van der Waals surface area contributed by atoms with Crippen molar-refractivity contribution in [1.82, 2.24) is 14.9 Å². The number of nitrogens with one attached hydrogen (secondary N) is 2. The van der Waals surface area contributed by atoms with E-state index < -0.39 is 15.8 Å². The van der Waals surface area contributed by atoms with Crippen LogP contribution >= 0.6 is 0 Å². The molecule has 1 fully saturated rings. The van der Waals surface area contributed by atoms with E-state index in [4.69, 9.17) is 0 Å². The molecule has 1 aromatic carbocycles. The van der Waals surface area contributed by atoms with Crippen molar-refractivity contribution in [3.05, 3.63) is 29.6 Å². The summed E-state index contributed by atoms with van der Waals surface area (Å²) in [5.74, 6) is -0.709. The SMILES string of the molecule is CNCc1ccc(S(=O)(=O)NC2CCCN(C)C2)c(F)c1. The van der Waals surface area contributed by atoms with Crippen LogP contribution in [0.2, 0.25) is 0 Å². The maximum atomic E-state index is 14.0. The maximum absolute atomic E-state index is 14.0. The first-order valence-electron chi connectivity index (χ1n) is 7.06. The average Bonchev–Trinajstić information content (AvgIpc) is 2.38. The smallest absolute Gasteiger partial charge is 0.243 e. The van der Waals surface area contributed by atoms with Crippen molar-refractivity contribution in [2.75, 3.05) is 27.2 Å². The molecule has 118 valence electrons. The Bertz CT molecular complexity index is 592. The predicted octanol–water partition coefficient (Wildman–Crippen LogP) is 0.918. The number of sulfonamides is 1. The van der Waals surface area contributed by atoms with Gasteiger partial charge in [-0.05, 0) is 51.2 Å². The Morgan fingerprint density at radius 1 is 1.43 bits per heavy atom. The Morgan fingerprint density at radius 3 is 2.81 bits per heavy atom. The number of nitrogens with zero attached hydrogens (tertiary/aromatic N) is 1. The Balaban J connectivity index is 2.15. The van der Waals surface area contributed by atoms with Crippen molar-refractivity contribution in [1.29, 1.82) is 0 Å². The zero-order valence-corrected chi connectivity index (χ0v) is 13.2. The van der Waals surface area contributed by atoms with Crippen molar-refractivity contribution in [2.24, 2.45) is 0 Å². The molecule has 2 N–H and O–H groups in total. The van der Waals surface area contributed by atoms with Crippen LogP contribution in [0.15, 0.2) is 23.1 Å². The number of likely N-dealkylation sites (N-methyl/N-ethyl adjacent to an activating group) is 1. The summed E-state index contributed by atoms with van der Waals surface area (Å²) in [5, 5.41) is 2.90. The van der Waals surface area contributed by atoms with Crippen molar-refractivity contribution >= 4 is 10.0 Å². The maximum Gasteiger partial charge on any atom is 0.243 e. The molecule has 0 spiro atoms. The van der Waals surface area contributed by atoms with Gasteiger partial charge in [0.1, 0.15) is 10.7 Å². The number of likely N-dealkylation sites (tertiary alicyclic amines) is 1. The van der Waals surface area contributed by atoms with Crippen LogP contribution in [0.5, 0.6) is 0 Å². The quantitative estimate of drug-likeness (QED) is 0.848. The van der Waals surface area contributed by atoms with Crippen molar-refractivity contribution < 1.29 is 12.8 Å². The summed E-state index contributed by atoms with van der Waals surface area (Å²) in [5.41, 5.74) is 0.714. The normalized spacial score (nSPS) is 20.6. The van der Waals surface area contributed by atoms with Crippen LogP contribution in [0.3, 0.4) is 0 Å². The van der Waals surface area contributed by atoms with E-state index in [-0.39, 0.29) is 10.9 Å². The summed E-state index contributed by atoms with van der Waals surface area (Å²) in [7, 11) is -0.112. The molecule has 0 aliphatic carbocycles. The Labute approximate surface area is 125 Å². The lowest BCUT2D eigenvalue weighted by Gasteiger charge is -2.30. The third-order valence-corrected chi connectivity index (χ3v) is 5.17. The molecule has 7 heteroatoms. The molecule has 2 rings (SSSR count). The molecular formula is C14H22FN3O2S. The minimum absolute atomic E-state index is 0.162. The average molecular weight is 315 g/mol. The number of piperidine rings is 1. The lowest BCUT2D eigenvalue weighted by molar-refractivity contribution is 0.242. The van der Waals surface area contributed by atoms with E-state index in [1.807, 2.05) is 7.05 Å². The molecule has 1 saturated heterocycles. The first kappa shape index (κ1) is 16.4. The summed E-state index contributed by atoms with van der Waals surface area (Å²) in [6, 6.07) is 4.06. The first-order valence-corrected chi connectivity index (χ1v) is 8.54. The second kappa shape index (κ2) is 6.83. The molecule has 1 aliphatic heterocycles. The second-order valence-corrected chi connectivity index (χ2v) is 7.20. The number of halogens is 1. The zero-order chi connectivity index (χ0) is 15.5. The monoisotopic (exact) mass is 315 g/mol.